The molecule has 7 nitrogen and oxygen atoms in total. The van der Waals surface area contributed by atoms with Crippen LogP contribution in [0.1, 0.15) is 37.9 Å². The van der Waals surface area contributed by atoms with Gasteiger partial charge in [0.05, 0.1) is 18.4 Å². The standard InChI is InChI=1S/C27H32N2O5S/c1-4-33-24-15-17-25(18-16-24)34-20-27(3,26(30)28-21(2)23-13-9-6-10-14-23)29-35(31,32)19-22-11-7-5-8-12-22/h5-18,21,29H,4,19-20H2,1-3H3,(H,28,30). The minimum Gasteiger partial charge on any atom is -0.494 e. The van der Waals surface area contributed by atoms with Crippen LogP contribution in [0.15, 0.2) is 84.9 Å². The van der Waals surface area contributed by atoms with Crippen molar-refractivity contribution in [2.24, 2.45) is 0 Å². The molecule has 0 aliphatic carbocycles. The minimum atomic E-state index is -3.87. The Morgan fingerprint density at radius 2 is 1.43 bits per heavy atom. The van der Waals surface area contributed by atoms with E-state index in [4.69, 9.17) is 9.47 Å². The van der Waals surface area contributed by atoms with E-state index in [2.05, 4.69) is 10.0 Å². The van der Waals surface area contributed by atoms with Crippen molar-refractivity contribution in [2.45, 2.75) is 38.1 Å². The third-order valence-corrected chi connectivity index (χ3v) is 6.87. The van der Waals surface area contributed by atoms with E-state index in [1.165, 1.54) is 6.92 Å². The van der Waals surface area contributed by atoms with Crippen molar-refractivity contribution in [3.05, 3.63) is 96.1 Å². The highest BCUT2D eigenvalue weighted by atomic mass is 32.2. The van der Waals surface area contributed by atoms with Crippen molar-refractivity contribution in [2.75, 3.05) is 13.2 Å². The number of hydrogen-bond acceptors (Lipinski definition) is 5. The van der Waals surface area contributed by atoms with E-state index in [0.717, 1.165) is 5.56 Å². The van der Waals surface area contributed by atoms with Crippen molar-refractivity contribution >= 4 is 15.9 Å². The number of hydrogen-bond donors (Lipinski definition) is 2. The number of carbonyl (C=O) groups is 1. The molecule has 0 saturated heterocycles. The Bertz CT molecular complexity index is 1190. The van der Waals surface area contributed by atoms with Crippen molar-refractivity contribution in [1.29, 1.82) is 0 Å². The monoisotopic (exact) mass is 496 g/mol. The Balaban J connectivity index is 1.79. The lowest BCUT2D eigenvalue weighted by Gasteiger charge is -2.30. The topological polar surface area (TPSA) is 93.7 Å². The summed E-state index contributed by atoms with van der Waals surface area (Å²) in [7, 11) is -3.87. The molecule has 8 heteroatoms. The largest absolute Gasteiger partial charge is 0.494 e. The summed E-state index contributed by atoms with van der Waals surface area (Å²) in [4.78, 5) is 13.4. The van der Waals surface area contributed by atoms with Gasteiger partial charge in [-0.25, -0.2) is 8.42 Å². The fourth-order valence-electron chi connectivity index (χ4n) is 3.52. The summed E-state index contributed by atoms with van der Waals surface area (Å²) < 4.78 is 40.0. The number of amides is 1. The van der Waals surface area contributed by atoms with Gasteiger partial charge in [-0.15, -0.1) is 0 Å². The molecule has 0 aliphatic rings. The fraction of sp³-hybridized carbons (Fsp3) is 0.296. The van der Waals surface area contributed by atoms with Gasteiger partial charge in [-0.1, -0.05) is 60.7 Å². The van der Waals surface area contributed by atoms with Crippen LogP contribution in [0.2, 0.25) is 0 Å². The Morgan fingerprint density at radius 1 is 0.886 bits per heavy atom. The van der Waals surface area contributed by atoms with E-state index in [1.54, 1.807) is 48.5 Å². The molecule has 0 fully saturated rings. The number of rotatable bonds is 12. The summed E-state index contributed by atoms with van der Waals surface area (Å²) in [5.41, 5.74) is -0.0366. The zero-order valence-electron chi connectivity index (χ0n) is 20.2. The number of sulfonamides is 1. The number of carbonyl (C=O) groups excluding carboxylic acids is 1. The number of benzene rings is 3. The van der Waals surface area contributed by atoms with Crippen LogP contribution in [0.4, 0.5) is 0 Å². The zero-order chi connectivity index (χ0) is 25.3. The summed E-state index contributed by atoms with van der Waals surface area (Å²) in [5.74, 6) is 0.441. The van der Waals surface area contributed by atoms with Crippen LogP contribution in [0.25, 0.3) is 0 Å². The van der Waals surface area contributed by atoms with Crippen LogP contribution < -0.4 is 19.5 Å². The Labute approximate surface area is 207 Å². The maximum absolute atomic E-state index is 13.4. The number of nitrogens with one attached hydrogen (secondary N) is 2. The highest BCUT2D eigenvalue weighted by molar-refractivity contribution is 7.88. The summed E-state index contributed by atoms with van der Waals surface area (Å²) in [6.45, 7) is 5.60. The molecular weight excluding hydrogens is 464 g/mol. The normalized spacial score (nSPS) is 13.9. The molecule has 2 unspecified atom stereocenters. The first-order chi connectivity index (χ1) is 16.7. The lowest BCUT2D eigenvalue weighted by Crippen LogP contribution is -2.60. The van der Waals surface area contributed by atoms with E-state index in [0.29, 0.717) is 23.7 Å². The van der Waals surface area contributed by atoms with E-state index in [1.807, 2.05) is 50.2 Å². The van der Waals surface area contributed by atoms with Gasteiger partial charge >= 0.3 is 0 Å². The van der Waals surface area contributed by atoms with Crippen LogP contribution in [0, 0.1) is 0 Å². The van der Waals surface area contributed by atoms with Gasteiger partial charge in [0, 0.05) is 0 Å². The first-order valence-corrected chi connectivity index (χ1v) is 13.1. The van der Waals surface area contributed by atoms with E-state index >= 15 is 0 Å². The summed E-state index contributed by atoms with van der Waals surface area (Å²) >= 11 is 0. The van der Waals surface area contributed by atoms with Crippen LogP contribution in [0.5, 0.6) is 11.5 Å². The summed E-state index contributed by atoms with van der Waals surface area (Å²) in [6.07, 6.45) is 0. The van der Waals surface area contributed by atoms with Gasteiger partial charge in [-0.05, 0) is 56.2 Å². The molecule has 3 rings (SSSR count). The molecule has 0 aliphatic heterocycles. The molecule has 0 spiro atoms. The molecule has 0 bridgehead atoms. The quantitative estimate of drug-likeness (QED) is 0.392. The van der Waals surface area contributed by atoms with Crippen molar-refractivity contribution in [3.63, 3.8) is 0 Å². The Morgan fingerprint density at radius 3 is 2.00 bits per heavy atom. The molecule has 0 radical (unpaired) electrons. The van der Waals surface area contributed by atoms with Crippen LogP contribution in [0.3, 0.4) is 0 Å². The Kier molecular flexibility index (Phi) is 8.89. The molecule has 3 aromatic rings. The molecule has 1 amide bonds. The zero-order valence-corrected chi connectivity index (χ0v) is 21.0. The lowest BCUT2D eigenvalue weighted by atomic mass is 10.0. The minimum absolute atomic E-state index is 0.206. The van der Waals surface area contributed by atoms with Gasteiger partial charge in [-0.3, -0.25) is 4.79 Å². The SMILES string of the molecule is CCOc1ccc(OCC(C)(NS(=O)(=O)Cc2ccccc2)C(=O)NC(C)c2ccccc2)cc1. The second-order valence-corrected chi connectivity index (χ2v) is 10.2. The summed E-state index contributed by atoms with van der Waals surface area (Å²) in [6, 6.07) is 24.9. The van der Waals surface area contributed by atoms with Gasteiger partial charge in [0.2, 0.25) is 15.9 Å². The molecule has 2 N–H and O–H groups in total. The highest BCUT2D eigenvalue weighted by Gasteiger charge is 2.39. The van der Waals surface area contributed by atoms with Gasteiger partial charge in [0.1, 0.15) is 23.6 Å². The smallest absolute Gasteiger partial charge is 0.245 e. The lowest BCUT2D eigenvalue weighted by molar-refractivity contribution is -0.128. The van der Waals surface area contributed by atoms with E-state index < -0.39 is 21.5 Å². The maximum Gasteiger partial charge on any atom is 0.245 e. The molecule has 0 saturated carbocycles. The second kappa shape index (κ2) is 11.9. The third-order valence-electron chi connectivity index (χ3n) is 5.39. The molecule has 3 aromatic carbocycles. The van der Waals surface area contributed by atoms with Crippen LogP contribution >= 0.6 is 0 Å². The van der Waals surface area contributed by atoms with Gasteiger partial charge < -0.3 is 14.8 Å². The molecular formula is C27H32N2O5S. The van der Waals surface area contributed by atoms with Crippen molar-refractivity contribution in [3.8, 4) is 11.5 Å². The average Bonchev–Trinajstić information content (AvgIpc) is 2.84. The first-order valence-electron chi connectivity index (χ1n) is 11.5. The van der Waals surface area contributed by atoms with Crippen LogP contribution in [-0.4, -0.2) is 33.1 Å². The van der Waals surface area contributed by atoms with Gasteiger partial charge in [0.15, 0.2) is 0 Å². The first kappa shape index (κ1) is 26.2. The van der Waals surface area contributed by atoms with Gasteiger partial charge in [-0.2, -0.15) is 4.72 Å². The molecule has 35 heavy (non-hydrogen) atoms. The highest BCUT2D eigenvalue weighted by Crippen LogP contribution is 2.21. The Hall–Kier alpha value is -3.36. The third kappa shape index (κ3) is 7.83. The number of ether oxygens (including phenoxy) is 2. The van der Waals surface area contributed by atoms with Gasteiger partial charge in [0.25, 0.3) is 0 Å². The fourth-order valence-corrected chi connectivity index (χ4v) is 5.06. The predicted molar refractivity (Wildman–Crippen MR) is 137 cm³/mol. The van der Waals surface area contributed by atoms with E-state index in [9.17, 15) is 13.2 Å². The van der Waals surface area contributed by atoms with Crippen LogP contribution in [-0.2, 0) is 20.6 Å². The molecule has 2 atom stereocenters. The molecule has 186 valence electrons. The van der Waals surface area contributed by atoms with Crippen molar-refractivity contribution < 1.29 is 22.7 Å². The predicted octanol–water partition coefficient (Wildman–Crippen LogP) is 4.22. The average molecular weight is 497 g/mol. The molecule has 0 aromatic heterocycles. The molecule has 0 heterocycles. The second-order valence-electron chi connectivity index (χ2n) is 8.48. The van der Waals surface area contributed by atoms with E-state index in [-0.39, 0.29) is 18.4 Å². The van der Waals surface area contributed by atoms with Crippen molar-refractivity contribution in [1.82, 2.24) is 10.0 Å². The maximum atomic E-state index is 13.4. The summed E-state index contributed by atoms with van der Waals surface area (Å²) in [5, 5.41) is 2.92.